The van der Waals surface area contributed by atoms with E-state index in [0.29, 0.717) is 22.0 Å². The van der Waals surface area contributed by atoms with Crippen LogP contribution in [0.25, 0.3) is 0 Å². The molecular formula is C12H12ClN3O2. The summed E-state index contributed by atoms with van der Waals surface area (Å²) in [7, 11) is 1.78. The summed E-state index contributed by atoms with van der Waals surface area (Å²) < 4.78 is 7.15. The van der Waals surface area contributed by atoms with E-state index in [-0.39, 0.29) is 12.4 Å². The van der Waals surface area contributed by atoms with Crippen molar-refractivity contribution < 1.29 is 9.53 Å². The quantitative estimate of drug-likeness (QED) is 0.796. The number of Topliss-reactive ketones (excluding diaryl/α,β-unsaturated/α-hetero) is 1. The van der Waals surface area contributed by atoms with Gasteiger partial charge < -0.3 is 4.74 Å². The van der Waals surface area contributed by atoms with Crippen LogP contribution in [0.4, 0.5) is 0 Å². The molecule has 18 heavy (non-hydrogen) atoms. The third kappa shape index (κ3) is 2.87. The topological polar surface area (TPSA) is 57.0 Å². The summed E-state index contributed by atoms with van der Waals surface area (Å²) in [6.07, 6.45) is 1.75. The summed E-state index contributed by atoms with van der Waals surface area (Å²) in [6, 6.07) is 4.95. The highest BCUT2D eigenvalue weighted by Crippen LogP contribution is 2.24. The van der Waals surface area contributed by atoms with Crippen molar-refractivity contribution in [2.24, 2.45) is 7.05 Å². The van der Waals surface area contributed by atoms with Gasteiger partial charge in [-0.1, -0.05) is 16.8 Å². The van der Waals surface area contributed by atoms with E-state index in [4.69, 9.17) is 16.3 Å². The molecule has 2 rings (SSSR count). The molecule has 0 aliphatic heterocycles. The van der Waals surface area contributed by atoms with Crippen LogP contribution >= 0.6 is 11.6 Å². The van der Waals surface area contributed by atoms with Crippen molar-refractivity contribution in [2.45, 2.75) is 13.5 Å². The van der Waals surface area contributed by atoms with E-state index in [1.54, 1.807) is 36.1 Å². The third-order valence-electron chi connectivity index (χ3n) is 2.35. The van der Waals surface area contributed by atoms with Gasteiger partial charge in [-0.2, -0.15) is 0 Å². The zero-order chi connectivity index (χ0) is 13.1. The standard InChI is InChI=1S/C12H12ClN3O2/c1-8(17)11-5-9(13)3-4-12(11)18-7-10-6-16(2)15-14-10/h3-6H,7H2,1-2H3. The number of aromatic nitrogens is 3. The SMILES string of the molecule is CC(=O)c1cc(Cl)ccc1OCc1cn(C)nn1. The molecule has 0 saturated heterocycles. The fraction of sp³-hybridized carbons (Fsp3) is 0.250. The molecule has 2 aromatic rings. The Morgan fingerprint density at radius 1 is 1.50 bits per heavy atom. The normalized spacial score (nSPS) is 10.4. The van der Waals surface area contributed by atoms with E-state index in [2.05, 4.69) is 10.3 Å². The fourth-order valence-electron chi connectivity index (χ4n) is 1.52. The molecule has 0 amide bonds. The lowest BCUT2D eigenvalue weighted by atomic mass is 10.1. The highest BCUT2D eigenvalue weighted by atomic mass is 35.5. The van der Waals surface area contributed by atoms with Crippen molar-refractivity contribution in [2.75, 3.05) is 0 Å². The van der Waals surface area contributed by atoms with Gasteiger partial charge >= 0.3 is 0 Å². The van der Waals surface area contributed by atoms with Gasteiger partial charge in [-0.05, 0) is 25.1 Å². The number of hydrogen-bond donors (Lipinski definition) is 0. The lowest BCUT2D eigenvalue weighted by molar-refractivity contribution is 0.101. The number of carbonyl (C=O) groups is 1. The third-order valence-corrected chi connectivity index (χ3v) is 2.58. The highest BCUT2D eigenvalue weighted by Gasteiger charge is 2.10. The Kier molecular flexibility index (Phi) is 3.62. The predicted molar refractivity (Wildman–Crippen MR) is 66.8 cm³/mol. The van der Waals surface area contributed by atoms with E-state index in [1.807, 2.05) is 0 Å². The minimum atomic E-state index is -0.0911. The molecule has 1 aromatic carbocycles. The zero-order valence-electron chi connectivity index (χ0n) is 10.1. The summed E-state index contributed by atoms with van der Waals surface area (Å²) in [6.45, 7) is 1.73. The Hall–Kier alpha value is -1.88. The molecule has 0 aliphatic carbocycles. The molecule has 0 spiro atoms. The second-order valence-corrected chi connectivity index (χ2v) is 4.31. The smallest absolute Gasteiger partial charge is 0.163 e. The molecule has 0 bridgehead atoms. The van der Waals surface area contributed by atoms with Crippen LogP contribution in [0.5, 0.6) is 5.75 Å². The van der Waals surface area contributed by atoms with Crippen molar-refractivity contribution in [3.05, 3.63) is 40.7 Å². The number of ketones is 1. The first-order valence-electron chi connectivity index (χ1n) is 5.35. The van der Waals surface area contributed by atoms with Crippen molar-refractivity contribution in [1.82, 2.24) is 15.0 Å². The van der Waals surface area contributed by atoms with Gasteiger partial charge in [0.15, 0.2) is 5.78 Å². The maximum Gasteiger partial charge on any atom is 0.163 e. The first-order chi connectivity index (χ1) is 8.56. The first-order valence-corrected chi connectivity index (χ1v) is 5.72. The Balaban J connectivity index is 2.16. The molecule has 6 heteroatoms. The molecule has 0 unspecified atom stereocenters. The van der Waals surface area contributed by atoms with Gasteiger partial charge in [0, 0.05) is 12.1 Å². The van der Waals surface area contributed by atoms with Crippen LogP contribution < -0.4 is 4.74 Å². The van der Waals surface area contributed by atoms with Crippen LogP contribution in [0.1, 0.15) is 23.0 Å². The lowest BCUT2D eigenvalue weighted by Gasteiger charge is -2.08. The van der Waals surface area contributed by atoms with Crippen molar-refractivity contribution in [3.63, 3.8) is 0 Å². The van der Waals surface area contributed by atoms with E-state index >= 15 is 0 Å². The molecule has 0 fully saturated rings. The van der Waals surface area contributed by atoms with Crippen LogP contribution in [-0.2, 0) is 13.7 Å². The summed E-state index contributed by atoms with van der Waals surface area (Å²) in [4.78, 5) is 11.5. The summed E-state index contributed by atoms with van der Waals surface area (Å²) >= 11 is 5.85. The zero-order valence-corrected chi connectivity index (χ0v) is 10.8. The van der Waals surface area contributed by atoms with Crippen LogP contribution in [0.2, 0.25) is 5.02 Å². The van der Waals surface area contributed by atoms with Crippen LogP contribution in [0.15, 0.2) is 24.4 Å². The maximum absolute atomic E-state index is 11.5. The lowest BCUT2D eigenvalue weighted by Crippen LogP contribution is -2.02. The van der Waals surface area contributed by atoms with Crippen LogP contribution in [0.3, 0.4) is 0 Å². The van der Waals surface area contributed by atoms with Crippen molar-refractivity contribution >= 4 is 17.4 Å². The average Bonchev–Trinajstić information content (AvgIpc) is 2.73. The van der Waals surface area contributed by atoms with Gasteiger partial charge in [0.1, 0.15) is 18.1 Å². The molecule has 94 valence electrons. The number of rotatable bonds is 4. The summed E-state index contributed by atoms with van der Waals surface area (Å²) in [5.41, 5.74) is 1.16. The van der Waals surface area contributed by atoms with Gasteiger partial charge in [-0.15, -0.1) is 5.10 Å². The molecular weight excluding hydrogens is 254 g/mol. The number of benzene rings is 1. The number of ether oxygens (including phenoxy) is 1. The fourth-order valence-corrected chi connectivity index (χ4v) is 1.69. The predicted octanol–water partition coefficient (Wildman–Crippen LogP) is 2.25. The van der Waals surface area contributed by atoms with Gasteiger partial charge in [-0.25, -0.2) is 0 Å². The molecule has 0 aliphatic rings. The summed E-state index contributed by atoms with van der Waals surface area (Å²) in [5.74, 6) is 0.407. The van der Waals surface area contributed by atoms with Gasteiger partial charge in [0.25, 0.3) is 0 Å². The van der Waals surface area contributed by atoms with E-state index < -0.39 is 0 Å². The minimum Gasteiger partial charge on any atom is -0.486 e. The van der Waals surface area contributed by atoms with Crippen molar-refractivity contribution in [1.29, 1.82) is 0 Å². The molecule has 0 radical (unpaired) electrons. The van der Waals surface area contributed by atoms with Gasteiger partial charge in [-0.3, -0.25) is 9.48 Å². The monoisotopic (exact) mass is 265 g/mol. The molecule has 1 heterocycles. The second kappa shape index (κ2) is 5.18. The molecule has 5 nitrogen and oxygen atoms in total. The minimum absolute atomic E-state index is 0.0911. The molecule has 0 atom stereocenters. The van der Waals surface area contributed by atoms with Crippen LogP contribution in [0, 0.1) is 0 Å². The Morgan fingerprint density at radius 3 is 2.89 bits per heavy atom. The Bertz CT molecular complexity index is 580. The molecule has 1 aromatic heterocycles. The summed E-state index contributed by atoms with van der Waals surface area (Å²) in [5, 5.41) is 8.21. The highest BCUT2D eigenvalue weighted by molar-refractivity contribution is 6.31. The number of carbonyl (C=O) groups excluding carboxylic acids is 1. The van der Waals surface area contributed by atoms with E-state index in [9.17, 15) is 4.79 Å². The molecule has 0 N–H and O–H groups in total. The molecule has 0 saturated carbocycles. The first kappa shape index (κ1) is 12.6. The largest absolute Gasteiger partial charge is 0.486 e. The average molecular weight is 266 g/mol. The van der Waals surface area contributed by atoms with Gasteiger partial charge in [0.2, 0.25) is 0 Å². The van der Waals surface area contributed by atoms with Gasteiger partial charge in [0.05, 0.1) is 11.8 Å². The van der Waals surface area contributed by atoms with E-state index in [0.717, 1.165) is 0 Å². The van der Waals surface area contributed by atoms with Crippen LogP contribution in [-0.4, -0.2) is 20.8 Å². The van der Waals surface area contributed by atoms with E-state index in [1.165, 1.54) is 6.92 Å². The number of halogens is 1. The maximum atomic E-state index is 11.5. The number of aryl methyl sites for hydroxylation is 1. The number of hydrogen-bond acceptors (Lipinski definition) is 4. The van der Waals surface area contributed by atoms with Crippen molar-refractivity contribution in [3.8, 4) is 5.75 Å². The Morgan fingerprint density at radius 2 is 2.28 bits per heavy atom. The second-order valence-electron chi connectivity index (χ2n) is 3.87. The Labute approximate surface area is 109 Å². The number of nitrogens with zero attached hydrogens (tertiary/aromatic N) is 3.